The molecule has 4 aromatic rings. The highest BCUT2D eigenvalue weighted by Crippen LogP contribution is 2.50. The summed E-state index contributed by atoms with van der Waals surface area (Å²) in [6, 6.07) is 24.5. The van der Waals surface area contributed by atoms with Crippen molar-refractivity contribution < 1.29 is 0 Å². The van der Waals surface area contributed by atoms with E-state index in [1.54, 1.807) is 0 Å². The van der Waals surface area contributed by atoms with E-state index in [9.17, 15) is 0 Å². The van der Waals surface area contributed by atoms with Gasteiger partial charge in [-0.1, -0.05) is 78.3 Å². The third-order valence-electron chi connectivity index (χ3n) is 5.48. The summed E-state index contributed by atoms with van der Waals surface area (Å²) in [6.45, 7) is 4.69. The van der Waals surface area contributed by atoms with Gasteiger partial charge in [-0.25, -0.2) is 0 Å². The maximum Gasteiger partial charge on any atom is 0.0181 e. The summed E-state index contributed by atoms with van der Waals surface area (Å²) in [5.41, 5.74) is 5.54. The smallest absolute Gasteiger partial charge is 0.0181 e. The normalized spacial score (nSPS) is 14.8. The fraction of sp³-hybridized carbons (Fsp3) is 0.130. The Hall–Kier alpha value is -2.12. The van der Waals surface area contributed by atoms with Crippen molar-refractivity contribution >= 4 is 37.5 Å². The Morgan fingerprint density at radius 2 is 1.46 bits per heavy atom. The fourth-order valence-electron chi connectivity index (χ4n) is 4.33. The molecule has 0 unspecified atom stereocenters. The largest absolute Gasteiger partial charge is 0.0613 e. The minimum Gasteiger partial charge on any atom is -0.0613 e. The molecule has 1 aliphatic carbocycles. The molecule has 116 valence electrons. The first-order valence-corrected chi connectivity index (χ1v) is 9.12. The number of hydrogen-bond donors (Lipinski definition) is 0. The van der Waals surface area contributed by atoms with Crippen LogP contribution in [0.1, 0.15) is 25.0 Å². The van der Waals surface area contributed by atoms with Crippen molar-refractivity contribution in [2.24, 2.45) is 0 Å². The summed E-state index contributed by atoms with van der Waals surface area (Å²) >= 11 is 3.62. The fourth-order valence-corrected chi connectivity index (χ4v) is 4.73. The van der Waals surface area contributed by atoms with Crippen LogP contribution in [-0.4, -0.2) is 0 Å². The molecule has 0 nitrogen and oxygen atoms in total. The van der Waals surface area contributed by atoms with Gasteiger partial charge in [-0.05, 0) is 62.0 Å². The standard InChI is InChI=1S/C23H17Br/c1-23(2)19-10-4-7-15-13-18(14-6-3-8-16(24)12-14)17-9-5-11-20(23)22(17)21(15)19/h3-13H,1-2H3. The van der Waals surface area contributed by atoms with Crippen LogP contribution < -0.4 is 0 Å². The van der Waals surface area contributed by atoms with Gasteiger partial charge in [0.1, 0.15) is 0 Å². The van der Waals surface area contributed by atoms with Crippen LogP contribution in [0.25, 0.3) is 32.7 Å². The van der Waals surface area contributed by atoms with Gasteiger partial charge >= 0.3 is 0 Å². The zero-order valence-electron chi connectivity index (χ0n) is 13.7. The first-order valence-electron chi connectivity index (χ1n) is 8.33. The van der Waals surface area contributed by atoms with Crippen molar-refractivity contribution in [3.05, 3.63) is 82.3 Å². The molecule has 0 spiro atoms. The average Bonchev–Trinajstić information content (AvgIpc) is 2.82. The first kappa shape index (κ1) is 14.2. The highest BCUT2D eigenvalue weighted by atomic mass is 79.9. The maximum absolute atomic E-state index is 3.62. The molecule has 0 atom stereocenters. The van der Waals surface area contributed by atoms with Crippen LogP contribution in [0.4, 0.5) is 0 Å². The minimum absolute atomic E-state index is 0.0667. The zero-order valence-corrected chi connectivity index (χ0v) is 15.3. The van der Waals surface area contributed by atoms with Crippen LogP contribution in [0, 0.1) is 0 Å². The van der Waals surface area contributed by atoms with Crippen LogP contribution in [0.3, 0.4) is 0 Å². The lowest BCUT2D eigenvalue weighted by atomic mass is 9.82. The molecule has 0 saturated carbocycles. The topological polar surface area (TPSA) is 0 Å². The molecule has 0 heterocycles. The van der Waals surface area contributed by atoms with E-state index in [4.69, 9.17) is 0 Å². The average molecular weight is 373 g/mol. The van der Waals surface area contributed by atoms with Gasteiger partial charge in [0.15, 0.2) is 0 Å². The molecule has 0 N–H and O–H groups in total. The number of hydrogen-bond acceptors (Lipinski definition) is 0. The van der Waals surface area contributed by atoms with Crippen molar-refractivity contribution in [1.29, 1.82) is 0 Å². The second-order valence-electron chi connectivity index (χ2n) is 7.19. The first-order chi connectivity index (χ1) is 11.6. The molecule has 0 saturated heterocycles. The lowest BCUT2D eigenvalue weighted by molar-refractivity contribution is 0.663. The van der Waals surface area contributed by atoms with Crippen LogP contribution in [0.2, 0.25) is 0 Å². The Kier molecular flexibility index (Phi) is 2.79. The summed E-state index contributed by atoms with van der Waals surface area (Å²) in [5.74, 6) is 0. The van der Waals surface area contributed by atoms with E-state index >= 15 is 0 Å². The summed E-state index contributed by atoms with van der Waals surface area (Å²) in [6.07, 6.45) is 0. The predicted molar refractivity (Wildman–Crippen MR) is 107 cm³/mol. The molecule has 5 rings (SSSR count). The monoisotopic (exact) mass is 372 g/mol. The highest BCUT2D eigenvalue weighted by Gasteiger charge is 2.34. The molecular formula is C23H17Br. The molecule has 1 aliphatic rings. The molecule has 4 aromatic carbocycles. The van der Waals surface area contributed by atoms with E-state index in [0.717, 1.165) is 4.47 Å². The van der Waals surface area contributed by atoms with Crippen molar-refractivity contribution in [2.45, 2.75) is 19.3 Å². The van der Waals surface area contributed by atoms with Crippen molar-refractivity contribution in [3.8, 4) is 11.1 Å². The summed E-state index contributed by atoms with van der Waals surface area (Å²) in [4.78, 5) is 0. The van der Waals surface area contributed by atoms with Gasteiger partial charge in [0, 0.05) is 9.89 Å². The Bertz CT molecular complexity index is 1140. The Labute approximate surface area is 150 Å². The van der Waals surface area contributed by atoms with Crippen LogP contribution in [-0.2, 0) is 5.41 Å². The lowest BCUT2D eigenvalue weighted by Crippen LogP contribution is -2.14. The summed E-state index contributed by atoms with van der Waals surface area (Å²) in [5, 5.41) is 5.57. The molecule has 0 amide bonds. The maximum atomic E-state index is 3.62. The van der Waals surface area contributed by atoms with E-state index in [0.29, 0.717) is 0 Å². The van der Waals surface area contributed by atoms with Crippen molar-refractivity contribution in [1.82, 2.24) is 0 Å². The van der Waals surface area contributed by atoms with Gasteiger partial charge in [0.05, 0.1) is 0 Å². The molecule has 1 heteroatoms. The van der Waals surface area contributed by atoms with E-state index in [2.05, 4.69) is 96.5 Å². The summed E-state index contributed by atoms with van der Waals surface area (Å²) < 4.78 is 1.12. The Morgan fingerprint density at radius 1 is 0.750 bits per heavy atom. The molecule has 0 bridgehead atoms. The quantitative estimate of drug-likeness (QED) is 0.313. The molecule has 24 heavy (non-hydrogen) atoms. The number of rotatable bonds is 1. The number of benzene rings is 4. The third-order valence-corrected chi connectivity index (χ3v) is 5.98. The van der Waals surface area contributed by atoms with Gasteiger partial charge in [0.2, 0.25) is 0 Å². The Balaban J connectivity index is 2.01. The number of halogens is 1. The molecular weight excluding hydrogens is 356 g/mol. The molecule has 0 radical (unpaired) electrons. The Morgan fingerprint density at radius 3 is 2.25 bits per heavy atom. The summed E-state index contributed by atoms with van der Waals surface area (Å²) in [7, 11) is 0. The van der Waals surface area contributed by atoms with Crippen molar-refractivity contribution in [2.75, 3.05) is 0 Å². The van der Waals surface area contributed by atoms with Gasteiger partial charge in [-0.2, -0.15) is 0 Å². The molecule has 0 fully saturated rings. The van der Waals surface area contributed by atoms with Gasteiger partial charge in [-0.3, -0.25) is 0 Å². The highest BCUT2D eigenvalue weighted by molar-refractivity contribution is 9.10. The van der Waals surface area contributed by atoms with Gasteiger partial charge in [-0.15, -0.1) is 0 Å². The van der Waals surface area contributed by atoms with Gasteiger partial charge in [0.25, 0.3) is 0 Å². The minimum atomic E-state index is 0.0667. The van der Waals surface area contributed by atoms with E-state index < -0.39 is 0 Å². The van der Waals surface area contributed by atoms with Crippen LogP contribution >= 0.6 is 15.9 Å². The van der Waals surface area contributed by atoms with Gasteiger partial charge < -0.3 is 0 Å². The SMILES string of the molecule is CC1(C)c2cccc3cc(-c4cccc(Br)c4)c4cccc1c4c23. The van der Waals surface area contributed by atoms with E-state index in [1.165, 1.54) is 43.8 Å². The van der Waals surface area contributed by atoms with Crippen LogP contribution in [0.5, 0.6) is 0 Å². The zero-order chi connectivity index (χ0) is 16.5. The predicted octanol–water partition coefficient (Wildman–Crippen LogP) is 7.06. The van der Waals surface area contributed by atoms with E-state index in [1.807, 2.05) is 0 Å². The molecule has 0 aliphatic heterocycles. The lowest BCUT2D eigenvalue weighted by Gasteiger charge is -2.21. The second-order valence-corrected chi connectivity index (χ2v) is 8.11. The van der Waals surface area contributed by atoms with E-state index in [-0.39, 0.29) is 5.41 Å². The van der Waals surface area contributed by atoms with Crippen LogP contribution in [0.15, 0.2) is 71.2 Å². The second kappa shape index (κ2) is 4.70. The molecule has 0 aromatic heterocycles. The van der Waals surface area contributed by atoms with Crippen molar-refractivity contribution in [3.63, 3.8) is 0 Å². The third kappa shape index (κ3) is 1.74.